The number of rotatable bonds is 6. The van der Waals surface area contributed by atoms with Crippen molar-refractivity contribution in [2.45, 2.75) is 40.3 Å². The number of pyridine rings is 1. The SMILES string of the molecule is CC(C)CN(C)c1ccncc1CNC(C)C. The molecule has 0 aliphatic rings. The van der Waals surface area contributed by atoms with E-state index in [0.29, 0.717) is 12.0 Å². The third-order valence-corrected chi connectivity index (χ3v) is 2.63. The summed E-state index contributed by atoms with van der Waals surface area (Å²) in [6.45, 7) is 10.7. The van der Waals surface area contributed by atoms with Crippen molar-refractivity contribution in [3.05, 3.63) is 24.0 Å². The van der Waals surface area contributed by atoms with Crippen LogP contribution in [0.1, 0.15) is 33.3 Å². The van der Waals surface area contributed by atoms with E-state index in [9.17, 15) is 0 Å². The van der Waals surface area contributed by atoms with Crippen molar-refractivity contribution >= 4 is 5.69 Å². The van der Waals surface area contributed by atoms with E-state index in [4.69, 9.17) is 0 Å². The smallest absolute Gasteiger partial charge is 0.0440 e. The normalized spacial score (nSPS) is 11.2. The monoisotopic (exact) mass is 235 g/mol. The van der Waals surface area contributed by atoms with Crippen molar-refractivity contribution in [2.24, 2.45) is 5.92 Å². The lowest BCUT2D eigenvalue weighted by Gasteiger charge is -2.24. The van der Waals surface area contributed by atoms with Crippen LogP contribution in [0.4, 0.5) is 5.69 Å². The topological polar surface area (TPSA) is 28.2 Å². The summed E-state index contributed by atoms with van der Waals surface area (Å²) in [5.41, 5.74) is 2.55. The van der Waals surface area contributed by atoms with Crippen LogP contribution in [0.2, 0.25) is 0 Å². The Morgan fingerprint density at radius 1 is 1.29 bits per heavy atom. The highest BCUT2D eigenvalue weighted by Gasteiger charge is 2.08. The quantitative estimate of drug-likeness (QED) is 0.821. The van der Waals surface area contributed by atoms with Gasteiger partial charge in [-0.15, -0.1) is 0 Å². The Morgan fingerprint density at radius 3 is 2.59 bits per heavy atom. The predicted molar refractivity (Wildman–Crippen MR) is 74.3 cm³/mol. The summed E-state index contributed by atoms with van der Waals surface area (Å²) in [5, 5.41) is 3.44. The van der Waals surface area contributed by atoms with Gasteiger partial charge in [-0.25, -0.2) is 0 Å². The fourth-order valence-corrected chi connectivity index (χ4v) is 1.89. The van der Waals surface area contributed by atoms with E-state index in [1.807, 2.05) is 12.4 Å². The summed E-state index contributed by atoms with van der Waals surface area (Å²) in [6, 6.07) is 2.60. The van der Waals surface area contributed by atoms with Crippen LogP contribution in [-0.2, 0) is 6.54 Å². The van der Waals surface area contributed by atoms with Gasteiger partial charge in [-0.2, -0.15) is 0 Å². The summed E-state index contributed by atoms with van der Waals surface area (Å²) in [5.74, 6) is 0.666. The molecule has 0 spiro atoms. The summed E-state index contributed by atoms with van der Waals surface area (Å²) in [7, 11) is 2.15. The van der Waals surface area contributed by atoms with Crippen LogP contribution in [0.3, 0.4) is 0 Å². The molecule has 0 bridgehead atoms. The van der Waals surface area contributed by atoms with Crippen LogP contribution in [-0.4, -0.2) is 24.6 Å². The van der Waals surface area contributed by atoms with Crippen LogP contribution < -0.4 is 10.2 Å². The number of hydrogen-bond acceptors (Lipinski definition) is 3. The Hall–Kier alpha value is -1.09. The first-order valence-corrected chi connectivity index (χ1v) is 6.38. The van der Waals surface area contributed by atoms with Gasteiger partial charge in [-0.3, -0.25) is 4.98 Å². The van der Waals surface area contributed by atoms with Crippen molar-refractivity contribution in [1.82, 2.24) is 10.3 Å². The molecule has 0 radical (unpaired) electrons. The third kappa shape index (κ3) is 4.73. The highest BCUT2D eigenvalue weighted by Crippen LogP contribution is 2.18. The zero-order valence-corrected chi connectivity index (χ0v) is 11.7. The number of anilines is 1. The molecule has 0 aliphatic carbocycles. The highest BCUT2D eigenvalue weighted by molar-refractivity contribution is 5.51. The van der Waals surface area contributed by atoms with E-state index in [0.717, 1.165) is 13.1 Å². The third-order valence-electron chi connectivity index (χ3n) is 2.63. The summed E-state index contributed by atoms with van der Waals surface area (Å²) in [4.78, 5) is 6.53. The Morgan fingerprint density at radius 2 is 2.00 bits per heavy atom. The second-order valence-corrected chi connectivity index (χ2v) is 5.31. The lowest BCUT2D eigenvalue weighted by Crippen LogP contribution is -2.27. The molecule has 1 rings (SSSR count). The van der Waals surface area contributed by atoms with E-state index in [1.165, 1.54) is 11.3 Å². The first-order chi connectivity index (χ1) is 8.00. The summed E-state index contributed by atoms with van der Waals surface area (Å²) >= 11 is 0. The Bertz CT molecular complexity index is 334. The van der Waals surface area contributed by atoms with Gasteiger partial charge in [0.1, 0.15) is 0 Å². The maximum absolute atomic E-state index is 4.22. The van der Waals surface area contributed by atoms with Gasteiger partial charge >= 0.3 is 0 Å². The summed E-state index contributed by atoms with van der Waals surface area (Å²) in [6.07, 6.45) is 3.83. The molecule has 0 saturated heterocycles. The molecule has 0 fully saturated rings. The Balaban J connectivity index is 2.76. The molecule has 3 nitrogen and oxygen atoms in total. The standard InChI is InChI=1S/C14H25N3/c1-11(2)10-17(5)14-6-7-15-8-13(14)9-16-12(3)4/h6-8,11-12,16H,9-10H2,1-5H3. The van der Waals surface area contributed by atoms with Gasteiger partial charge in [0, 0.05) is 49.8 Å². The molecule has 0 aliphatic heterocycles. The van der Waals surface area contributed by atoms with Crippen molar-refractivity contribution in [3.8, 4) is 0 Å². The van der Waals surface area contributed by atoms with Gasteiger partial charge in [0.2, 0.25) is 0 Å². The second-order valence-electron chi connectivity index (χ2n) is 5.31. The van der Waals surface area contributed by atoms with Crippen LogP contribution in [0.25, 0.3) is 0 Å². The fourth-order valence-electron chi connectivity index (χ4n) is 1.89. The molecule has 1 N–H and O–H groups in total. The van der Waals surface area contributed by atoms with Gasteiger partial charge in [0.15, 0.2) is 0 Å². The molecule has 0 atom stereocenters. The molecule has 1 aromatic rings. The molecule has 1 heterocycles. The number of nitrogens with one attached hydrogen (secondary N) is 1. The molecule has 3 heteroatoms. The predicted octanol–water partition coefficient (Wildman–Crippen LogP) is 2.67. The number of hydrogen-bond donors (Lipinski definition) is 1. The molecule has 17 heavy (non-hydrogen) atoms. The van der Waals surface area contributed by atoms with Crippen LogP contribution in [0.5, 0.6) is 0 Å². The van der Waals surface area contributed by atoms with Crippen molar-refractivity contribution in [1.29, 1.82) is 0 Å². The van der Waals surface area contributed by atoms with Gasteiger partial charge in [-0.05, 0) is 12.0 Å². The van der Waals surface area contributed by atoms with E-state index >= 15 is 0 Å². The van der Waals surface area contributed by atoms with Gasteiger partial charge in [-0.1, -0.05) is 27.7 Å². The van der Waals surface area contributed by atoms with Crippen LogP contribution >= 0.6 is 0 Å². The van der Waals surface area contributed by atoms with E-state index in [1.54, 1.807) is 0 Å². The first-order valence-electron chi connectivity index (χ1n) is 6.38. The van der Waals surface area contributed by atoms with E-state index < -0.39 is 0 Å². The highest BCUT2D eigenvalue weighted by atomic mass is 15.1. The molecule has 0 amide bonds. The average Bonchev–Trinajstić information content (AvgIpc) is 2.25. The van der Waals surface area contributed by atoms with Crippen molar-refractivity contribution < 1.29 is 0 Å². The van der Waals surface area contributed by atoms with Gasteiger partial charge in [0.05, 0.1) is 0 Å². The van der Waals surface area contributed by atoms with Crippen molar-refractivity contribution in [2.75, 3.05) is 18.5 Å². The molecular formula is C14H25N3. The van der Waals surface area contributed by atoms with Crippen molar-refractivity contribution in [3.63, 3.8) is 0 Å². The minimum atomic E-state index is 0.499. The number of aromatic nitrogens is 1. The Labute approximate surface area is 105 Å². The zero-order chi connectivity index (χ0) is 12.8. The first kappa shape index (κ1) is 14.0. The maximum Gasteiger partial charge on any atom is 0.0440 e. The average molecular weight is 235 g/mol. The second kappa shape index (κ2) is 6.60. The maximum atomic E-state index is 4.22. The van der Waals surface area contributed by atoms with Gasteiger partial charge in [0.25, 0.3) is 0 Å². The van der Waals surface area contributed by atoms with E-state index in [2.05, 4.69) is 56.0 Å². The lowest BCUT2D eigenvalue weighted by atomic mass is 10.1. The van der Waals surface area contributed by atoms with Crippen LogP contribution in [0, 0.1) is 5.92 Å². The Kier molecular flexibility index (Phi) is 5.42. The molecule has 1 aromatic heterocycles. The largest absolute Gasteiger partial charge is 0.374 e. The van der Waals surface area contributed by atoms with Gasteiger partial charge < -0.3 is 10.2 Å². The molecule has 96 valence electrons. The molecule has 0 aromatic carbocycles. The molecular weight excluding hydrogens is 210 g/mol. The summed E-state index contributed by atoms with van der Waals surface area (Å²) < 4.78 is 0. The van der Waals surface area contributed by atoms with Crippen LogP contribution in [0.15, 0.2) is 18.5 Å². The molecule has 0 saturated carbocycles. The fraction of sp³-hybridized carbons (Fsp3) is 0.643. The minimum absolute atomic E-state index is 0.499. The van der Waals surface area contributed by atoms with E-state index in [-0.39, 0.29) is 0 Å². The molecule has 0 unspecified atom stereocenters. The zero-order valence-electron chi connectivity index (χ0n) is 11.7. The lowest BCUT2D eigenvalue weighted by molar-refractivity contribution is 0.584. The minimum Gasteiger partial charge on any atom is -0.374 e. The number of nitrogens with zero attached hydrogens (tertiary/aromatic N) is 2.